The van der Waals surface area contributed by atoms with Gasteiger partial charge in [-0.1, -0.05) is 0 Å². The molecule has 0 saturated carbocycles. The molecule has 1 atom stereocenters. The maximum absolute atomic E-state index is 12.3. The second kappa shape index (κ2) is 9.55. The number of aromatic nitrogens is 1. The summed E-state index contributed by atoms with van der Waals surface area (Å²) in [5.74, 6) is -0.108. The van der Waals surface area contributed by atoms with Crippen molar-refractivity contribution in [1.82, 2.24) is 15.2 Å². The highest BCUT2D eigenvalue weighted by Gasteiger charge is 2.29. The Labute approximate surface area is 149 Å². The predicted octanol–water partition coefficient (Wildman–Crippen LogP) is 2.39. The zero-order chi connectivity index (χ0) is 16.9. The fourth-order valence-corrected chi connectivity index (χ4v) is 3.22. The Kier molecular flexibility index (Phi) is 8.41. The van der Waals surface area contributed by atoms with Crippen LogP contribution in [0.2, 0.25) is 0 Å². The summed E-state index contributed by atoms with van der Waals surface area (Å²) in [6, 6.07) is 0. The lowest BCUT2D eigenvalue weighted by atomic mass is 10.1. The summed E-state index contributed by atoms with van der Waals surface area (Å²) in [6.07, 6.45) is -3.47. The average Bonchev–Trinajstić information content (AvgIpc) is 3.09. The van der Waals surface area contributed by atoms with E-state index in [4.69, 9.17) is 0 Å². The second-order valence-corrected chi connectivity index (χ2v) is 6.54. The summed E-state index contributed by atoms with van der Waals surface area (Å²) in [7, 11) is 0. The van der Waals surface area contributed by atoms with Gasteiger partial charge in [0.05, 0.1) is 17.7 Å². The number of aryl methyl sites for hydroxylation is 1. The molecule has 0 spiro atoms. The maximum Gasteiger partial charge on any atom is 0.411 e. The minimum atomic E-state index is -4.42. The number of rotatable bonds is 7. The molecule has 0 radical (unpaired) electrons. The molecule has 1 N–H and O–H groups in total. The molecule has 1 fully saturated rings. The van der Waals surface area contributed by atoms with Gasteiger partial charge in [0.25, 0.3) is 0 Å². The zero-order valence-electron chi connectivity index (χ0n) is 13.3. The van der Waals surface area contributed by atoms with Crippen LogP contribution in [0.25, 0.3) is 0 Å². The van der Waals surface area contributed by atoms with E-state index in [2.05, 4.69) is 15.0 Å². The highest BCUT2D eigenvalue weighted by molar-refractivity contribution is 7.09. The Morgan fingerprint density at radius 2 is 2.29 bits per heavy atom. The van der Waals surface area contributed by atoms with Crippen LogP contribution in [0.5, 0.6) is 0 Å². The number of thiazole rings is 1. The Morgan fingerprint density at radius 3 is 2.83 bits per heavy atom. The molecule has 1 aliphatic heterocycles. The monoisotopic (exact) mass is 387 g/mol. The third kappa shape index (κ3) is 6.92. The second-order valence-electron chi connectivity index (χ2n) is 5.60. The van der Waals surface area contributed by atoms with E-state index >= 15 is 0 Å². The number of hydrogen-bond donors (Lipinski definition) is 1. The Hall–Kier alpha value is -0.900. The number of amides is 1. The SMILES string of the molecule is Cc1ncsc1CN(CC1CCNC1)C(=O)COCC(F)(F)F.Cl. The molecule has 2 rings (SSSR count). The molecule has 10 heteroatoms. The fraction of sp³-hybridized carbons (Fsp3) is 0.714. The van der Waals surface area contributed by atoms with E-state index in [1.54, 1.807) is 10.4 Å². The van der Waals surface area contributed by atoms with Crippen LogP contribution in [0.1, 0.15) is 17.0 Å². The van der Waals surface area contributed by atoms with Crippen molar-refractivity contribution in [2.45, 2.75) is 26.1 Å². The standard InChI is InChI=1S/C14H20F3N3O2S.ClH/c1-10-12(23-9-19-10)6-20(5-11-2-3-18-4-11)13(21)7-22-8-14(15,16)17;/h9,11,18H,2-8H2,1H3;1H. The largest absolute Gasteiger partial charge is 0.411 e. The van der Waals surface area contributed by atoms with E-state index in [0.29, 0.717) is 19.0 Å². The van der Waals surface area contributed by atoms with Crippen molar-refractivity contribution in [2.75, 3.05) is 32.8 Å². The molecular weight excluding hydrogens is 367 g/mol. The Balaban J connectivity index is 0.00000288. The van der Waals surface area contributed by atoms with Gasteiger partial charge in [-0.25, -0.2) is 4.98 Å². The molecule has 1 unspecified atom stereocenters. The number of halogens is 4. The Morgan fingerprint density at radius 1 is 1.54 bits per heavy atom. The van der Waals surface area contributed by atoms with Gasteiger partial charge in [-0.2, -0.15) is 13.2 Å². The van der Waals surface area contributed by atoms with Crippen molar-refractivity contribution in [3.8, 4) is 0 Å². The number of hydrogen-bond acceptors (Lipinski definition) is 5. The fourth-order valence-electron chi connectivity index (χ4n) is 2.43. The van der Waals surface area contributed by atoms with Crippen LogP contribution in [0.4, 0.5) is 13.2 Å². The lowest BCUT2D eigenvalue weighted by Crippen LogP contribution is -2.38. The first kappa shape index (κ1) is 21.1. The van der Waals surface area contributed by atoms with Gasteiger partial charge in [0.1, 0.15) is 13.2 Å². The van der Waals surface area contributed by atoms with Crippen LogP contribution in [0, 0.1) is 12.8 Å². The smallest absolute Gasteiger partial charge is 0.362 e. The number of carbonyl (C=O) groups excluding carboxylic acids is 1. The summed E-state index contributed by atoms with van der Waals surface area (Å²) in [4.78, 5) is 18.9. The molecule has 0 aromatic carbocycles. The summed E-state index contributed by atoms with van der Waals surface area (Å²) in [5, 5.41) is 3.22. The van der Waals surface area contributed by atoms with Gasteiger partial charge >= 0.3 is 6.18 Å². The number of carbonyl (C=O) groups is 1. The van der Waals surface area contributed by atoms with E-state index in [1.807, 2.05) is 6.92 Å². The van der Waals surface area contributed by atoms with Gasteiger partial charge in [0, 0.05) is 11.4 Å². The van der Waals surface area contributed by atoms with Crippen LogP contribution < -0.4 is 5.32 Å². The summed E-state index contributed by atoms with van der Waals surface area (Å²) in [6.45, 7) is 2.48. The van der Waals surface area contributed by atoms with Gasteiger partial charge in [-0.05, 0) is 32.4 Å². The summed E-state index contributed by atoms with van der Waals surface area (Å²) < 4.78 is 40.9. The number of nitrogens with zero attached hydrogens (tertiary/aromatic N) is 2. The number of nitrogens with one attached hydrogen (secondary N) is 1. The van der Waals surface area contributed by atoms with Crippen LogP contribution in [0.15, 0.2) is 5.51 Å². The lowest BCUT2D eigenvalue weighted by Gasteiger charge is -2.25. The zero-order valence-corrected chi connectivity index (χ0v) is 14.9. The Bertz CT molecular complexity index is 522. The van der Waals surface area contributed by atoms with Crippen molar-refractivity contribution in [1.29, 1.82) is 0 Å². The molecule has 1 amide bonds. The molecule has 0 aliphatic carbocycles. The van der Waals surface area contributed by atoms with Crippen molar-refractivity contribution >= 4 is 29.7 Å². The van der Waals surface area contributed by atoms with Crippen LogP contribution in [0.3, 0.4) is 0 Å². The van der Waals surface area contributed by atoms with Crippen molar-refractivity contribution < 1.29 is 22.7 Å². The molecule has 1 aliphatic rings. The van der Waals surface area contributed by atoms with Gasteiger partial charge in [-0.15, -0.1) is 23.7 Å². The molecule has 5 nitrogen and oxygen atoms in total. The van der Waals surface area contributed by atoms with Crippen LogP contribution >= 0.6 is 23.7 Å². The third-order valence-corrected chi connectivity index (χ3v) is 4.58. The van der Waals surface area contributed by atoms with Gasteiger partial charge in [-0.3, -0.25) is 4.79 Å². The van der Waals surface area contributed by atoms with E-state index in [9.17, 15) is 18.0 Å². The first-order valence-electron chi connectivity index (χ1n) is 7.37. The van der Waals surface area contributed by atoms with E-state index in [1.165, 1.54) is 11.3 Å². The highest BCUT2D eigenvalue weighted by atomic mass is 35.5. The molecule has 24 heavy (non-hydrogen) atoms. The molecule has 1 saturated heterocycles. The molecule has 1 aromatic heterocycles. The lowest BCUT2D eigenvalue weighted by molar-refractivity contribution is -0.178. The molecule has 2 heterocycles. The minimum absolute atomic E-state index is 0. The van der Waals surface area contributed by atoms with Gasteiger partial charge < -0.3 is 15.0 Å². The number of ether oxygens (including phenoxy) is 1. The predicted molar refractivity (Wildman–Crippen MR) is 87.4 cm³/mol. The van der Waals surface area contributed by atoms with E-state index < -0.39 is 25.3 Å². The topological polar surface area (TPSA) is 54.5 Å². The third-order valence-electron chi connectivity index (χ3n) is 3.66. The van der Waals surface area contributed by atoms with Crippen molar-refractivity contribution in [2.24, 2.45) is 5.92 Å². The molecular formula is C14H21ClF3N3O2S. The van der Waals surface area contributed by atoms with Gasteiger partial charge in [0.15, 0.2) is 0 Å². The quantitative estimate of drug-likeness (QED) is 0.780. The minimum Gasteiger partial charge on any atom is -0.362 e. The number of alkyl halides is 3. The molecule has 138 valence electrons. The summed E-state index contributed by atoms with van der Waals surface area (Å²) >= 11 is 1.44. The van der Waals surface area contributed by atoms with E-state index in [0.717, 1.165) is 30.1 Å². The molecule has 0 bridgehead atoms. The average molecular weight is 388 g/mol. The highest BCUT2D eigenvalue weighted by Crippen LogP contribution is 2.19. The van der Waals surface area contributed by atoms with Crippen LogP contribution in [-0.2, 0) is 16.1 Å². The van der Waals surface area contributed by atoms with Crippen molar-refractivity contribution in [3.63, 3.8) is 0 Å². The van der Waals surface area contributed by atoms with Crippen LogP contribution in [-0.4, -0.2) is 54.8 Å². The molecule has 1 aromatic rings. The maximum atomic E-state index is 12.3. The van der Waals surface area contributed by atoms with Crippen molar-refractivity contribution in [3.05, 3.63) is 16.1 Å². The normalized spacial score (nSPS) is 17.6. The first-order valence-corrected chi connectivity index (χ1v) is 8.25. The summed E-state index contributed by atoms with van der Waals surface area (Å²) in [5.41, 5.74) is 2.54. The first-order chi connectivity index (χ1) is 10.8. The van der Waals surface area contributed by atoms with Gasteiger partial charge in [0.2, 0.25) is 5.91 Å². The van der Waals surface area contributed by atoms with E-state index in [-0.39, 0.29) is 12.4 Å².